The fourth-order valence-electron chi connectivity index (χ4n) is 2.48. The molecule has 19 heavy (non-hydrogen) atoms. The van der Waals surface area contributed by atoms with Crippen molar-refractivity contribution in [2.75, 3.05) is 24.6 Å². The molecule has 0 spiro atoms. The Bertz CT molecular complexity index is 449. The lowest BCUT2D eigenvalue weighted by Gasteiger charge is -2.17. The number of guanidine groups is 1. The summed E-state index contributed by atoms with van der Waals surface area (Å²) in [6.07, 6.45) is 7.15. The lowest BCUT2D eigenvalue weighted by molar-refractivity contribution is 0.585. The molecule has 0 amide bonds. The zero-order valence-electron chi connectivity index (χ0n) is 11.4. The third kappa shape index (κ3) is 4.53. The normalized spacial score (nSPS) is 26.8. The Balaban J connectivity index is 1.85. The van der Waals surface area contributed by atoms with E-state index in [4.69, 9.17) is 0 Å². The second kappa shape index (κ2) is 6.41. The molecule has 1 aliphatic carbocycles. The first kappa shape index (κ1) is 14.4. The summed E-state index contributed by atoms with van der Waals surface area (Å²) in [5.74, 6) is 1.60. The van der Waals surface area contributed by atoms with E-state index in [0.29, 0.717) is 24.1 Å². The molecule has 1 unspecified atom stereocenters. The highest BCUT2D eigenvalue weighted by Gasteiger charge is 2.27. The van der Waals surface area contributed by atoms with E-state index in [1.54, 1.807) is 0 Å². The fraction of sp³-hybridized carbons (Fsp3) is 0.769. The average Bonchev–Trinajstić information content (AvgIpc) is 2.96. The van der Waals surface area contributed by atoms with E-state index < -0.39 is 9.84 Å². The predicted octanol–water partition coefficient (Wildman–Crippen LogP) is 0.695. The van der Waals surface area contributed by atoms with Crippen LogP contribution in [0.25, 0.3) is 0 Å². The van der Waals surface area contributed by atoms with Crippen molar-refractivity contribution in [1.29, 1.82) is 0 Å². The molecule has 1 aliphatic heterocycles. The highest BCUT2D eigenvalue weighted by atomic mass is 32.2. The van der Waals surface area contributed by atoms with E-state index in [1.165, 1.54) is 0 Å². The van der Waals surface area contributed by atoms with Crippen LogP contribution in [0.15, 0.2) is 17.1 Å². The van der Waals surface area contributed by atoms with Crippen molar-refractivity contribution in [3.8, 4) is 0 Å². The number of nitrogens with zero attached hydrogens (tertiary/aromatic N) is 1. The minimum atomic E-state index is -2.80. The van der Waals surface area contributed by atoms with Gasteiger partial charge in [0.15, 0.2) is 15.8 Å². The van der Waals surface area contributed by atoms with Gasteiger partial charge < -0.3 is 10.6 Å². The molecule has 0 bridgehead atoms. The monoisotopic (exact) mass is 285 g/mol. The van der Waals surface area contributed by atoms with Crippen LogP contribution in [0.2, 0.25) is 0 Å². The largest absolute Gasteiger partial charge is 0.357 e. The zero-order chi connectivity index (χ0) is 13.7. The van der Waals surface area contributed by atoms with Crippen LogP contribution in [0.1, 0.15) is 26.2 Å². The van der Waals surface area contributed by atoms with Crippen molar-refractivity contribution in [3.05, 3.63) is 12.2 Å². The van der Waals surface area contributed by atoms with Crippen LogP contribution in [0.3, 0.4) is 0 Å². The summed E-state index contributed by atoms with van der Waals surface area (Å²) in [7, 11) is -2.80. The van der Waals surface area contributed by atoms with Crippen LogP contribution in [-0.4, -0.2) is 45.0 Å². The maximum Gasteiger partial charge on any atom is 0.191 e. The third-order valence-corrected chi connectivity index (χ3v) is 5.36. The number of aliphatic imine (C=N–C) groups is 1. The van der Waals surface area contributed by atoms with Gasteiger partial charge in [-0.15, -0.1) is 0 Å². The summed E-state index contributed by atoms with van der Waals surface area (Å²) >= 11 is 0. The number of hydrogen-bond donors (Lipinski definition) is 2. The average molecular weight is 285 g/mol. The van der Waals surface area contributed by atoms with Gasteiger partial charge in [-0.2, -0.15) is 0 Å². The Morgan fingerprint density at radius 1 is 1.37 bits per heavy atom. The van der Waals surface area contributed by atoms with Crippen molar-refractivity contribution in [2.24, 2.45) is 10.9 Å². The van der Waals surface area contributed by atoms with Gasteiger partial charge in [-0.1, -0.05) is 12.2 Å². The molecule has 2 aliphatic rings. The molecule has 0 saturated carbocycles. The number of nitrogens with one attached hydrogen (secondary N) is 2. The van der Waals surface area contributed by atoms with Crippen molar-refractivity contribution < 1.29 is 8.42 Å². The van der Waals surface area contributed by atoms with E-state index in [0.717, 1.165) is 31.8 Å². The number of hydrogen-bond acceptors (Lipinski definition) is 3. The zero-order valence-corrected chi connectivity index (χ0v) is 12.2. The van der Waals surface area contributed by atoms with Crippen LogP contribution in [0, 0.1) is 5.92 Å². The molecule has 0 aromatic heterocycles. The quantitative estimate of drug-likeness (QED) is 0.453. The van der Waals surface area contributed by atoms with Gasteiger partial charge in [0.05, 0.1) is 11.5 Å². The lowest BCUT2D eigenvalue weighted by Crippen LogP contribution is -2.42. The molecule has 2 rings (SSSR count). The lowest BCUT2D eigenvalue weighted by atomic mass is 10.1. The van der Waals surface area contributed by atoms with E-state index in [-0.39, 0.29) is 5.92 Å². The van der Waals surface area contributed by atoms with Crippen LogP contribution >= 0.6 is 0 Å². The number of rotatable bonds is 4. The molecule has 1 saturated heterocycles. The maximum atomic E-state index is 11.4. The van der Waals surface area contributed by atoms with Gasteiger partial charge in [0.1, 0.15) is 0 Å². The summed E-state index contributed by atoms with van der Waals surface area (Å²) in [6.45, 7) is 3.44. The van der Waals surface area contributed by atoms with Gasteiger partial charge in [0.25, 0.3) is 0 Å². The van der Waals surface area contributed by atoms with E-state index >= 15 is 0 Å². The van der Waals surface area contributed by atoms with Gasteiger partial charge in [-0.25, -0.2) is 8.42 Å². The topological polar surface area (TPSA) is 70.6 Å². The van der Waals surface area contributed by atoms with Crippen LogP contribution < -0.4 is 10.6 Å². The summed E-state index contributed by atoms with van der Waals surface area (Å²) in [5.41, 5.74) is 0. The Kier molecular flexibility index (Phi) is 4.85. The van der Waals surface area contributed by atoms with Crippen LogP contribution in [-0.2, 0) is 9.84 Å². The number of sulfone groups is 1. The van der Waals surface area contributed by atoms with Crippen molar-refractivity contribution in [2.45, 2.75) is 32.2 Å². The Hall–Kier alpha value is -1.04. The molecule has 1 fully saturated rings. The van der Waals surface area contributed by atoms with E-state index in [9.17, 15) is 8.42 Å². The highest BCUT2D eigenvalue weighted by molar-refractivity contribution is 7.91. The smallest absolute Gasteiger partial charge is 0.191 e. The molecular weight excluding hydrogens is 262 g/mol. The van der Waals surface area contributed by atoms with Gasteiger partial charge in [-0.05, 0) is 32.1 Å². The van der Waals surface area contributed by atoms with Gasteiger partial charge >= 0.3 is 0 Å². The van der Waals surface area contributed by atoms with Crippen LogP contribution in [0.5, 0.6) is 0 Å². The van der Waals surface area contributed by atoms with Crippen molar-refractivity contribution in [3.63, 3.8) is 0 Å². The van der Waals surface area contributed by atoms with Crippen LogP contribution in [0.4, 0.5) is 0 Å². The molecule has 1 atom stereocenters. The first-order chi connectivity index (χ1) is 9.09. The van der Waals surface area contributed by atoms with Gasteiger partial charge in [0, 0.05) is 19.1 Å². The summed E-state index contributed by atoms with van der Waals surface area (Å²) in [4.78, 5) is 4.53. The Morgan fingerprint density at radius 2 is 2.11 bits per heavy atom. The van der Waals surface area contributed by atoms with Crippen molar-refractivity contribution >= 4 is 15.8 Å². The maximum absolute atomic E-state index is 11.4. The molecular formula is C13H23N3O2S. The first-order valence-corrected chi connectivity index (χ1v) is 8.81. The highest BCUT2D eigenvalue weighted by Crippen LogP contribution is 2.18. The predicted molar refractivity (Wildman–Crippen MR) is 78.0 cm³/mol. The van der Waals surface area contributed by atoms with Gasteiger partial charge in [-0.3, -0.25) is 4.99 Å². The minimum Gasteiger partial charge on any atom is -0.357 e. The molecule has 0 aromatic rings. The standard InChI is InChI=1S/C13H23N3O2S/c1-2-14-13(16-12-5-3-4-6-12)15-9-11-7-8-19(17,18)10-11/h3-4,11-12H,2,5-10H2,1H3,(H2,14,15,16). The van der Waals surface area contributed by atoms with E-state index in [1.807, 2.05) is 6.92 Å². The third-order valence-electron chi connectivity index (χ3n) is 3.53. The van der Waals surface area contributed by atoms with E-state index in [2.05, 4.69) is 27.8 Å². The van der Waals surface area contributed by atoms with Gasteiger partial charge in [0.2, 0.25) is 0 Å². The minimum absolute atomic E-state index is 0.183. The second-order valence-corrected chi connectivity index (χ2v) is 7.50. The Morgan fingerprint density at radius 3 is 2.68 bits per heavy atom. The summed E-state index contributed by atoms with van der Waals surface area (Å²) < 4.78 is 22.8. The summed E-state index contributed by atoms with van der Waals surface area (Å²) in [6, 6.07) is 0.421. The Labute approximate surface area is 115 Å². The molecule has 0 aromatic carbocycles. The first-order valence-electron chi connectivity index (χ1n) is 6.99. The SMILES string of the molecule is CCNC(=NCC1CCS(=O)(=O)C1)NC1CC=CC1. The molecule has 1 heterocycles. The molecule has 0 radical (unpaired) electrons. The molecule has 2 N–H and O–H groups in total. The molecule has 108 valence electrons. The second-order valence-electron chi connectivity index (χ2n) is 5.27. The molecule has 6 heteroatoms. The molecule has 5 nitrogen and oxygen atoms in total. The van der Waals surface area contributed by atoms with Crippen molar-refractivity contribution in [1.82, 2.24) is 10.6 Å². The fourth-order valence-corrected chi connectivity index (χ4v) is 4.33. The summed E-state index contributed by atoms with van der Waals surface area (Å²) in [5, 5.41) is 6.60.